The summed E-state index contributed by atoms with van der Waals surface area (Å²) in [6.07, 6.45) is 1.78. The molecule has 31 heavy (non-hydrogen) atoms. The van der Waals surface area contributed by atoms with Crippen LogP contribution in [0.2, 0.25) is 0 Å². The maximum atomic E-state index is 12.9. The number of fused-ring (bicyclic) bond motifs is 1. The van der Waals surface area contributed by atoms with E-state index in [2.05, 4.69) is 10.3 Å². The van der Waals surface area contributed by atoms with Crippen LogP contribution in [0.15, 0.2) is 29.2 Å². The van der Waals surface area contributed by atoms with Gasteiger partial charge in [-0.2, -0.15) is 0 Å². The molecule has 1 N–H and O–H groups in total. The molecule has 1 atom stereocenters. The maximum absolute atomic E-state index is 12.9. The Bertz CT molecular complexity index is 1090. The van der Waals surface area contributed by atoms with Crippen LogP contribution in [0.4, 0.5) is 5.13 Å². The normalized spacial score (nSPS) is 18.8. The molecular weight excluding hydrogens is 440 g/mol. The number of benzene rings is 1. The van der Waals surface area contributed by atoms with Crippen LogP contribution in [0.3, 0.4) is 0 Å². The first-order valence-electron chi connectivity index (χ1n) is 9.98. The third kappa shape index (κ3) is 4.49. The molecule has 0 spiro atoms. The fourth-order valence-electron chi connectivity index (χ4n) is 3.56. The largest absolute Gasteiger partial charge is 0.368 e. The van der Waals surface area contributed by atoms with E-state index in [1.54, 1.807) is 4.90 Å². The van der Waals surface area contributed by atoms with Crippen molar-refractivity contribution in [3.8, 4) is 0 Å². The van der Waals surface area contributed by atoms with Crippen molar-refractivity contribution >= 4 is 38.3 Å². The second-order valence-corrected chi connectivity index (χ2v) is 10.9. The molecule has 2 amide bonds. The Kier molecular flexibility index (Phi) is 6.11. The molecule has 3 heterocycles. The van der Waals surface area contributed by atoms with Crippen LogP contribution in [-0.4, -0.2) is 67.8 Å². The van der Waals surface area contributed by atoms with Gasteiger partial charge in [-0.3, -0.25) is 14.9 Å². The van der Waals surface area contributed by atoms with Gasteiger partial charge in [0, 0.05) is 44.1 Å². The number of amides is 2. The zero-order chi connectivity index (χ0) is 22.2. The number of thiazole rings is 1. The van der Waals surface area contributed by atoms with E-state index >= 15 is 0 Å². The molecule has 2 aromatic rings. The van der Waals surface area contributed by atoms with E-state index in [0.717, 1.165) is 21.3 Å². The molecule has 0 saturated carbocycles. The molecule has 1 aromatic carbocycles. The molecule has 2 aliphatic rings. The van der Waals surface area contributed by atoms with Gasteiger partial charge in [-0.05, 0) is 37.1 Å². The molecule has 0 unspecified atom stereocenters. The number of carbonyl (C=O) groups excluding carboxylic acids is 2. The van der Waals surface area contributed by atoms with E-state index in [4.69, 9.17) is 4.74 Å². The first-order valence-corrected chi connectivity index (χ1v) is 12.2. The van der Waals surface area contributed by atoms with Gasteiger partial charge in [-0.25, -0.2) is 17.7 Å². The monoisotopic (exact) mass is 464 g/mol. The van der Waals surface area contributed by atoms with Crippen LogP contribution < -0.4 is 5.32 Å². The van der Waals surface area contributed by atoms with Crippen molar-refractivity contribution in [3.05, 3.63) is 40.4 Å². The van der Waals surface area contributed by atoms with Crippen molar-refractivity contribution in [2.45, 2.75) is 36.8 Å². The van der Waals surface area contributed by atoms with Gasteiger partial charge < -0.3 is 9.64 Å². The molecule has 0 bridgehead atoms. The Labute approximate surface area is 185 Å². The Morgan fingerprint density at radius 1 is 1.26 bits per heavy atom. The highest BCUT2D eigenvalue weighted by atomic mass is 32.2. The van der Waals surface area contributed by atoms with E-state index in [-0.39, 0.29) is 16.7 Å². The number of hydrogen-bond acceptors (Lipinski definition) is 7. The van der Waals surface area contributed by atoms with Crippen LogP contribution in [0.25, 0.3) is 0 Å². The summed E-state index contributed by atoms with van der Waals surface area (Å²) in [5.41, 5.74) is 1.32. The van der Waals surface area contributed by atoms with Gasteiger partial charge >= 0.3 is 0 Å². The van der Waals surface area contributed by atoms with Gasteiger partial charge in [0.2, 0.25) is 10.0 Å². The zero-order valence-electron chi connectivity index (χ0n) is 17.3. The summed E-state index contributed by atoms with van der Waals surface area (Å²) in [6, 6.07) is 5.97. The number of anilines is 1. The van der Waals surface area contributed by atoms with E-state index in [1.807, 2.05) is 0 Å². The molecule has 1 aromatic heterocycles. The highest BCUT2D eigenvalue weighted by Crippen LogP contribution is 2.29. The van der Waals surface area contributed by atoms with Crippen LogP contribution >= 0.6 is 11.3 Å². The van der Waals surface area contributed by atoms with Crippen LogP contribution in [0.1, 0.15) is 33.8 Å². The lowest BCUT2D eigenvalue weighted by Gasteiger charge is -2.26. The van der Waals surface area contributed by atoms with E-state index in [0.29, 0.717) is 43.2 Å². The van der Waals surface area contributed by atoms with Gasteiger partial charge in [-0.1, -0.05) is 11.3 Å². The Hall–Kier alpha value is -2.34. The lowest BCUT2D eigenvalue weighted by Crippen LogP contribution is -2.35. The van der Waals surface area contributed by atoms with Crippen molar-refractivity contribution in [2.75, 3.05) is 32.6 Å². The lowest BCUT2D eigenvalue weighted by atomic mass is 10.1. The summed E-state index contributed by atoms with van der Waals surface area (Å²) in [6.45, 7) is 1.51. The van der Waals surface area contributed by atoms with E-state index < -0.39 is 16.1 Å². The number of nitrogens with zero attached hydrogens (tertiary/aromatic N) is 3. The van der Waals surface area contributed by atoms with Gasteiger partial charge in [-0.15, -0.1) is 0 Å². The molecule has 4 rings (SSSR count). The number of sulfonamides is 1. The van der Waals surface area contributed by atoms with Crippen molar-refractivity contribution in [2.24, 2.45) is 0 Å². The fraction of sp³-hybridized carbons (Fsp3) is 0.450. The fourth-order valence-corrected chi connectivity index (χ4v) is 5.48. The predicted octanol–water partition coefficient (Wildman–Crippen LogP) is 1.71. The van der Waals surface area contributed by atoms with Crippen molar-refractivity contribution < 1.29 is 22.7 Å². The van der Waals surface area contributed by atoms with E-state index in [9.17, 15) is 18.0 Å². The molecule has 0 aliphatic carbocycles. The first kappa shape index (κ1) is 21.9. The predicted molar refractivity (Wildman–Crippen MR) is 115 cm³/mol. The summed E-state index contributed by atoms with van der Waals surface area (Å²) < 4.78 is 30.9. The summed E-state index contributed by atoms with van der Waals surface area (Å²) in [5.74, 6) is -0.345. The highest BCUT2D eigenvalue weighted by Gasteiger charge is 2.28. The molecule has 9 nitrogen and oxygen atoms in total. The average molecular weight is 465 g/mol. The number of aromatic nitrogens is 1. The van der Waals surface area contributed by atoms with Crippen LogP contribution in [0, 0.1) is 0 Å². The standard InChI is InChI=1S/C20H24N4O5S2/c1-23(2)31(27,28)14-7-5-13(6-8-14)19(26)24-10-9-15-17(12-24)30-20(21-15)22-18(25)16-4-3-11-29-16/h5-8,16H,3-4,9-12H2,1-2H3,(H,21,22,25)/t16-/m1/s1. The number of ether oxygens (including phenoxy) is 1. The molecular formula is C20H24N4O5S2. The topological polar surface area (TPSA) is 109 Å². The molecule has 0 radical (unpaired) electrons. The van der Waals surface area contributed by atoms with Crippen molar-refractivity contribution in [3.63, 3.8) is 0 Å². The van der Waals surface area contributed by atoms with Crippen LogP contribution in [0.5, 0.6) is 0 Å². The summed E-state index contributed by atoms with van der Waals surface area (Å²) in [4.78, 5) is 32.5. The summed E-state index contributed by atoms with van der Waals surface area (Å²) in [5, 5.41) is 3.35. The number of carbonyl (C=O) groups is 2. The minimum Gasteiger partial charge on any atom is -0.368 e. The van der Waals surface area contributed by atoms with Gasteiger partial charge in [0.05, 0.1) is 17.1 Å². The highest BCUT2D eigenvalue weighted by molar-refractivity contribution is 7.89. The molecule has 11 heteroatoms. The summed E-state index contributed by atoms with van der Waals surface area (Å²) in [7, 11) is -0.610. The average Bonchev–Trinajstić information content (AvgIpc) is 3.42. The van der Waals surface area contributed by atoms with Crippen molar-refractivity contribution in [1.29, 1.82) is 0 Å². The Morgan fingerprint density at radius 2 is 2.00 bits per heavy atom. The smallest absolute Gasteiger partial charge is 0.255 e. The molecule has 1 saturated heterocycles. The molecule has 166 valence electrons. The number of rotatable bonds is 5. The Morgan fingerprint density at radius 3 is 2.65 bits per heavy atom. The SMILES string of the molecule is CN(C)S(=O)(=O)c1ccc(C(=O)N2CCc3nc(NC(=O)[C@H]4CCCO4)sc3C2)cc1. The maximum Gasteiger partial charge on any atom is 0.255 e. The quantitative estimate of drug-likeness (QED) is 0.722. The second-order valence-electron chi connectivity index (χ2n) is 7.67. The summed E-state index contributed by atoms with van der Waals surface area (Å²) >= 11 is 1.37. The Balaban J connectivity index is 1.43. The minimum atomic E-state index is -3.54. The zero-order valence-corrected chi connectivity index (χ0v) is 19.0. The molecule has 2 aliphatic heterocycles. The molecule has 1 fully saturated rings. The lowest BCUT2D eigenvalue weighted by molar-refractivity contribution is -0.124. The first-order chi connectivity index (χ1) is 14.8. The van der Waals surface area contributed by atoms with Crippen LogP contribution in [-0.2, 0) is 32.5 Å². The van der Waals surface area contributed by atoms with Gasteiger partial charge in [0.15, 0.2) is 5.13 Å². The number of hydrogen-bond donors (Lipinski definition) is 1. The third-order valence-electron chi connectivity index (χ3n) is 5.35. The van der Waals surface area contributed by atoms with Gasteiger partial charge in [0.25, 0.3) is 11.8 Å². The second kappa shape index (κ2) is 8.65. The third-order valence-corrected chi connectivity index (χ3v) is 8.18. The van der Waals surface area contributed by atoms with Gasteiger partial charge in [0.1, 0.15) is 6.10 Å². The minimum absolute atomic E-state index is 0.143. The number of nitrogens with one attached hydrogen (secondary N) is 1. The van der Waals surface area contributed by atoms with Crippen molar-refractivity contribution in [1.82, 2.24) is 14.2 Å². The van der Waals surface area contributed by atoms with E-state index in [1.165, 1.54) is 49.7 Å².